The number of aromatic nitrogens is 1. The highest BCUT2D eigenvalue weighted by atomic mass is 16.3. The largest absolute Gasteiger partial charge is 0.508 e. The maximum atomic E-state index is 9.96. The van der Waals surface area contributed by atoms with E-state index in [9.17, 15) is 5.11 Å². The minimum absolute atomic E-state index is 0.448. The Bertz CT molecular complexity index is 562. The van der Waals surface area contributed by atoms with Gasteiger partial charge in [0.1, 0.15) is 5.75 Å². The molecule has 1 saturated carbocycles. The van der Waals surface area contributed by atoms with E-state index in [2.05, 4.69) is 22.4 Å². The maximum absolute atomic E-state index is 9.96. The number of aromatic hydroxyl groups is 1. The van der Waals surface area contributed by atoms with Crippen LogP contribution in [0.15, 0.2) is 48.8 Å². The lowest BCUT2D eigenvalue weighted by molar-refractivity contribution is 0.335. The average Bonchev–Trinajstić information content (AvgIpc) is 2.55. The Morgan fingerprint density at radius 3 is 2.57 bits per heavy atom. The molecule has 0 unspecified atom stereocenters. The molecule has 0 spiro atoms. The fraction of sp³-hybridized carbons (Fsp3) is 0.389. The van der Waals surface area contributed by atoms with Crippen LogP contribution in [0, 0.1) is 0 Å². The third kappa shape index (κ3) is 3.61. The monoisotopic (exact) mass is 282 g/mol. The molecule has 1 heterocycles. The predicted molar refractivity (Wildman–Crippen MR) is 84.2 cm³/mol. The number of pyridine rings is 1. The summed E-state index contributed by atoms with van der Waals surface area (Å²) >= 11 is 0. The van der Waals surface area contributed by atoms with E-state index in [4.69, 9.17) is 0 Å². The highest BCUT2D eigenvalue weighted by molar-refractivity contribution is 5.35. The van der Waals surface area contributed by atoms with Crippen molar-refractivity contribution >= 4 is 0 Å². The van der Waals surface area contributed by atoms with Crippen LogP contribution in [0.3, 0.4) is 0 Å². The quantitative estimate of drug-likeness (QED) is 0.900. The zero-order chi connectivity index (χ0) is 14.5. The van der Waals surface area contributed by atoms with Crippen LogP contribution in [0.5, 0.6) is 5.75 Å². The van der Waals surface area contributed by atoms with E-state index in [0.29, 0.717) is 17.7 Å². The number of rotatable bonds is 4. The van der Waals surface area contributed by atoms with Crippen LogP contribution in [0.25, 0.3) is 0 Å². The molecule has 21 heavy (non-hydrogen) atoms. The smallest absolute Gasteiger partial charge is 0.119 e. The van der Waals surface area contributed by atoms with Crippen LogP contribution in [-0.4, -0.2) is 16.1 Å². The fourth-order valence-corrected chi connectivity index (χ4v) is 3.21. The Labute approximate surface area is 126 Å². The summed E-state index contributed by atoms with van der Waals surface area (Å²) in [6, 6.07) is 12.4. The summed E-state index contributed by atoms with van der Waals surface area (Å²) in [6.45, 7) is 0.889. The van der Waals surface area contributed by atoms with Gasteiger partial charge in [-0.2, -0.15) is 0 Å². The summed E-state index contributed by atoms with van der Waals surface area (Å²) in [6.07, 6.45) is 8.34. The first-order valence-electron chi connectivity index (χ1n) is 7.73. The molecule has 2 aromatic rings. The molecule has 3 rings (SSSR count). The topological polar surface area (TPSA) is 45.1 Å². The van der Waals surface area contributed by atoms with Gasteiger partial charge in [-0.15, -0.1) is 0 Å². The molecule has 0 bridgehead atoms. The Balaban J connectivity index is 1.50. The van der Waals surface area contributed by atoms with Crippen LogP contribution >= 0.6 is 0 Å². The molecule has 1 aromatic heterocycles. The predicted octanol–water partition coefficient (Wildman–Crippen LogP) is 3.60. The summed E-state index contributed by atoms with van der Waals surface area (Å²) in [5, 5.41) is 13.6. The van der Waals surface area contributed by atoms with E-state index < -0.39 is 0 Å². The average molecular weight is 282 g/mol. The second-order valence-electron chi connectivity index (χ2n) is 5.85. The van der Waals surface area contributed by atoms with Crippen molar-refractivity contribution in [2.75, 3.05) is 0 Å². The molecular weight excluding hydrogens is 260 g/mol. The normalized spacial score (nSPS) is 22.1. The number of phenols is 1. The molecule has 0 radical (unpaired) electrons. The number of para-hydroxylation sites is 1. The highest BCUT2D eigenvalue weighted by Gasteiger charge is 2.23. The number of hydrogen-bond acceptors (Lipinski definition) is 3. The molecular formula is C18H22N2O. The summed E-state index contributed by atoms with van der Waals surface area (Å²) in [5.74, 6) is 0.951. The van der Waals surface area contributed by atoms with E-state index in [1.807, 2.05) is 24.4 Å². The van der Waals surface area contributed by atoms with Crippen LogP contribution in [0.2, 0.25) is 0 Å². The van der Waals surface area contributed by atoms with Gasteiger partial charge in [0.15, 0.2) is 0 Å². The van der Waals surface area contributed by atoms with E-state index >= 15 is 0 Å². The third-order valence-electron chi connectivity index (χ3n) is 4.42. The van der Waals surface area contributed by atoms with Crippen LogP contribution in [0.4, 0.5) is 0 Å². The van der Waals surface area contributed by atoms with E-state index in [0.717, 1.165) is 24.9 Å². The molecule has 3 nitrogen and oxygen atoms in total. The molecule has 0 saturated heterocycles. The molecule has 2 N–H and O–H groups in total. The molecule has 1 aliphatic rings. The van der Waals surface area contributed by atoms with Gasteiger partial charge < -0.3 is 10.4 Å². The first-order chi connectivity index (χ1) is 10.3. The number of nitrogens with zero attached hydrogens (tertiary/aromatic N) is 1. The van der Waals surface area contributed by atoms with Gasteiger partial charge in [-0.05, 0) is 54.9 Å². The maximum Gasteiger partial charge on any atom is 0.119 e. The van der Waals surface area contributed by atoms with Crippen LogP contribution in [0.1, 0.15) is 42.7 Å². The molecule has 0 amide bonds. The fourth-order valence-electron chi connectivity index (χ4n) is 3.21. The zero-order valence-electron chi connectivity index (χ0n) is 12.2. The van der Waals surface area contributed by atoms with Crippen LogP contribution in [-0.2, 0) is 6.54 Å². The molecule has 0 aliphatic heterocycles. The third-order valence-corrected chi connectivity index (χ3v) is 4.42. The molecule has 1 aliphatic carbocycles. The first-order valence-corrected chi connectivity index (χ1v) is 7.73. The van der Waals surface area contributed by atoms with Gasteiger partial charge in [-0.1, -0.05) is 24.3 Å². The lowest BCUT2D eigenvalue weighted by Gasteiger charge is -2.29. The number of benzene rings is 1. The van der Waals surface area contributed by atoms with Crippen molar-refractivity contribution in [2.45, 2.75) is 44.2 Å². The standard InChI is InChI=1S/C18H22N2O/c21-18-6-2-1-5-17(18)15-7-9-16(10-8-15)20-13-14-4-3-11-19-12-14/h1-6,11-12,15-16,20-21H,7-10,13H2. The van der Waals surface area contributed by atoms with Gasteiger partial charge in [-0.25, -0.2) is 0 Å². The molecule has 0 atom stereocenters. The van der Waals surface area contributed by atoms with Crippen molar-refractivity contribution in [3.05, 3.63) is 59.9 Å². The van der Waals surface area contributed by atoms with Gasteiger partial charge in [-0.3, -0.25) is 4.98 Å². The van der Waals surface area contributed by atoms with E-state index in [1.54, 1.807) is 12.3 Å². The summed E-state index contributed by atoms with van der Waals surface area (Å²) in [5.41, 5.74) is 2.35. The SMILES string of the molecule is Oc1ccccc1C1CCC(NCc2cccnc2)CC1. The summed E-state index contributed by atoms with van der Waals surface area (Å²) < 4.78 is 0. The molecule has 110 valence electrons. The zero-order valence-corrected chi connectivity index (χ0v) is 12.2. The Morgan fingerprint density at radius 1 is 1.05 bits per heavy atom. The van der Waals surface area contributed by atoms with Gasteiger partial charge >= 0.3 is 0 Å². The number of phenolic OH excluding ortho intramolecular Hbond substituents is 1. The van der Waals surface area contributed by atoms with Gasteiger partial charge in [0.05, 0.1) is 0 Å². The van der Waals surface area contributed by atoms with E-state index in [1.165, 1.54) is 18.4 Å². The second-order valence-corrected chi connectivity index (χ2v) is 5.85. The van der Waals surface area contributed by atoms with Crippen molar-refractivity contribution in [1.82, 2.24) is 10.3 Å². The highest BCUT2D eigenvalue weighted by Crippen LogP contribution is 2.36. The van der Waals surface area contributed by atoms with Crippen molar-refractivity contribution < 1.29 is 5.11 Å². The molecule has 3 heteroatoms. The van der Waals surface area contributed by atoms with Crippen molar-refractivity contribution in [1.29, 1.82) is 0 Å². The van der Waals surface area contributed by atoms with Crippen molar-refractivity contribution in [3.63, 3.8) is 0 Å². The summed E-state index contributed by atoms with van der Waals surface area (Å²) in [4.78, 5) is 4.14. The Hall–Kier alpha value is -1.87. The van der Waals surface area contributed by atoms with Gasteiger partial charge in [0.2, 0.25) is 0 Å². The minimum Gasteiger partial charge on any atom is -0.508 e. The number of nitrogens with one attached hydrogen (secondary N) is 1. The molecule has 1 fully saturated rings. The van der Waals surface area contributed by atoms with Gasteiger partial charge in [0.25, 0.3) is 0 Å². The lowest BCUT2D eigenvalue weighted by Crippen LogP contribution is -2.32. The summed E-state index contributed by atoms with van der Waals surface area (Å²) in [7, 11) is 0. The lowest BCUT2D eigenvalue weighted by atomic mass is 9.81. The van der Waals surface area contributed by atoms with Crippen molar-refractivity contribution in [3.8, 4) is 5.75 Å². The van der Waals surface area contributed by atoms with E-state index in [-0.39, 0.29) is 0 Å². The van der Waals surface area contributed by atoms with Crippen molar-refractivity contribution in [2.24, 2.45) is 0 Å². The second kappa shape index (κ2) is 6.72. The van der Waals surface area contributed by atoms with Gasteiger partial charge in [0, 0.05) is 25.0 Å². The van der Waals surface area contributed by atoms with Crippen LogP contribution < -0.4 is 5.32 Å². The Morgan fingerprint density at radius 2 is 1.86 bits per heavy atom. The Kier molecular flexibility index (Phi) is 4.51. The number of hydrogen-bond donors (Lipinski definition) is 2. The first kappa shape index (κ1) is 14.1. The minimum atomic E-state index is 0.448. The molecule has 1 aromatic carbocycles.